The number of hydrogen-bond donors (Lipinski definition) is 1. The van der Waals surface area contributed by atoms with E-state index in [0.717, 1.165) is 6.54 Å². The van der Waals surface area contributed by atoms with Crippen LogP contribution in [-0.2, 0) is 4.79 Å². The molecule has 4 heteroatoms. The number of ether oxygens (including phenoxy) is 2. The van der Waals surface area contributed by atoms with Crippen molar-refractivity contribution >= 4 is 5.91 Å². The van der Waals surface area contributed by atoms with Crippen LogP contribution >= 0.6 is 0 Å². The highest BCUT2D eigenvalue weighted by Crippen LogP contribution is 2.31. The molecule has 1 saturated carbocycles. The summed E-state index contributed by atoms with van der Waals surface area (Å²) in [6.07, 6.45) is 5.83. The van der Waals surface area contributed by atoms with Gasteiger partial charge in [-0.3, -0.25) is 4.79 Å². The van der Waals surface area contributed by atoms with Gasteiger partial charge in [0, 0.05) is 6.54 Å². The third kappa shape index (κ3) is 3.06. The first-order chi connectivity index (χ1) is 9.83. The second kappa shape index (κ2) is 6.16. The molecule has 1 unspecified atom stereocenters. The van der Waals surface area contributed by atoms with Crippen molar-refractivity contribution < 1.29 is 14.3 Å². The lowest BCUT2D eigenvalue weighted by Crippen LogP contribution is -2.45. The van der Waals surface area contributed by atoms with Gasteiger partial charge in [0.1, 0.15) is 6.61 Å². The van der Waals surface area contributed by atoms with Gasteiger partial charge >= 0.3 is 0 Å². The van der Waals surface area contributed by atoms with Crippen LogP contribution in [0.15, 0.2) is 24.3 Å². The second-order valence-electron chi connectivity index (χ2n) is 5.61. The molecular formula is C16H21NO3. The molecule has 1 aliphatic carbocycles. The SMILES string of the molecule is O=C(NCC1CCCCC1)C1COc2ccccc2O1. The van der Waals surface area contributed by atoms with E-state index in [1.165, 1.54) is 32.1 Å². The molecule has 1 aromatic rings. The van der Waals surface area contributed by atoms with Crippen molar-refractivity contribution in [2.45, 2.75) is 38.2 Å². The van der Waals surface area contributed by atoms with Crippen molar-refractivity contribution in [3.63, 3.8) is 0 Å². The molecule has 3 rings (SSSR count). The Labute approximate surface area is 119 Å². The summed E-state index contributed by atoms with van der Waals surface area (Å²) in [4.78, 5) is 12.1. The molecule has 0 spiro atoms. The van der Waals surface area contributed by atoms with E-state index in [-0.39, 0.29) is 12.5 Å². The highest BCUT2D eigenvalue weighted by Gasteiger charge is 2.27. The van der Waals surface area contributed by atoms with Gasteiger partial charge in [0.2, 0.25) is 6.10 Å². The number of carbonyl (C=O) groups excluding carboxylic acids is 1. The normalized spacial score (nSPS) is 22.3. The average Bonchev–Trinajstić information content (AvgIpc) is 2.53. The summed E-state index contributed by atoms with van der Waals surface area (Å²) in [5, 5.41) is 3.01. The maximum Gasteiger partial charge on any atom is 0.264 e. The van der Waals surface area contributed by atoms with Gasteiger partial charge in [-0.05, 0) is 30.9 Å². The van der Waals surface area contributed by atoms with Crippen LogP contribution in [0.4, 0.5) is 0 Å². The van der Waals surface area contributed by atoms with E-state index in [1.54, 1.807) is 0 Å². The summed E-state index contributed by atoms with van der Waals surface area (Å²) >= 11 is 0. The topological polar surface area (TPSA) is 47.6 Å². The van der Waals surface area contributed by atoms with Crippen LogP contribution in [-0.4, -0.2) is 25.2 Å². The summed E-state index contributed by atoms with van der Waals surface area (Å²) in [5.74, 6) is 1.93. The lowest BCUT2D eigenvalue weighted by atomic mass is 9.89. The van der Waals surface area contributed by atoms with Crippen molar-refractivity contribution in [1.82, 2.24) is 5.32 Å². The molecule has 0 radical (unpaired) electrons. The molecule has 1 atom stereocenters. The Morgan fingerprint density at radius 2 is 1.90 bits per heavy atom. The molecule has 0 saturated heterocycles. The molecule has 20 heavy (non-hydrogen) atoms. The van der Waals surface area contributed by atoms with E-state index in [2.05, 4.69) is 5.32 Å². The van der Waals surface area contributed by atoms with E-state index in [4.69, 9.17) is 9.47 Å². The van der Waals surface area contributed by atoms with Crippen LogP contribution < -0.4 is 14.8 Å². The third-order valence-corrected chi connectivity index (χ3v) is 4.09. The minimum absolute atomic E-state index is 0.0647. The predicted molar refractivity (Wildman–Crippen MR) is 75.9 cm³/mol. The standard InChI is InChI=1S/C16H21NO3/c18-16(17-10-12-6-2-1-3-7-12)15-11-19-13-8-4-5-9-14(13)20-15/h4-5,8-9,12,15H,1-3,6-7,10-11H2,(H,17,18). The Kier molecular flexibility index (Phi) is 4.09. The first-order valence-corrected chi connectivity index (χ1v) is 7.49. The van der Waals surface area contributed by atoms with Crippen molar-refractivity contribution in [3.8, 4) is 11.5 Å². The molecule has 1 heterocycles. The molecule has 1 fully saturated rings. The molecule has 108 valence electrons. The van der Waals surface area contributed by atoms with Crippen LogP contribution in [0, 0.1) is 5.92 Å². The van der Waals surface area contributed by atoms with Crippen LogP contribution in [0.5, 0.6) is 11.5 Å². The molecule has 0 aromatic heterocycles. The Bertz CT molecular complexity index is 469. The number of benzene rings is 1. The van der Waals surface area contributed by atoms with Gasteiger partial charge in [0.25, 0.3) is 5.91 Å². The fourth-order valence-corrected chi connectivity index (χ4v) is 2.90. The number of nitrogens with one attached hydrogen (secondary N) is 1. The van der Waals surface area contributed by atoms with Crippen LogP contribution in [0.1, 0.15) is 32.1 Å². The van der Waals surface area contributed by atoms with Gasteiger partial charge in [-0.15, -0.1) is 0 Å². The number of rotatable bonds is 3. The monoisotopic (exact) mass is 275 g/mol. The van der Waals surface area contributed by atoms with Gasteiger partial charge in [-0.1, -0.05) is 31.4 Å². The number of hydrogen-bond acceptors (Lipinski definition) is 3. The van der Waals surface area contributed by atoms with E-state index in [0.29, 0.717) is 17.4 Å². The third-order valence-electron chi connectivity index (χ3n) is 4.09. The quantitative estimate of drug-likeness (QED) is 0.922. The summed E-state index contributed by atoms with van der Waals surface area (Å²) in [6, 6.07) is 7.46. The van der Waals surface area contributed by atoms with Crippen molar-refractivity contribution in [2.75, 3.05) is 13.2 Å². The first-order valence-electron chi connectivity index (χ1n) is 7.49. The Morgan fingerprint density at radius 3 is 2.70 bits per heavy atom. The molecule has 1 aromatic carbocycles. The van der Waals surface area contributed by atoms with E-state index in [9.17, 15) is 4.79 Å². The number of carbonyl (C=O) groups is 1. The van der Waals surface area contributed by atoms with Crippen molar-refractivity contribution in [1.29, 1.82) is 0 Å². The van der Waals surface area contributed by atoms with E-state index >= 15 is 0 Å². The maximum absolute atomic E-state index is 12.1. The fraction of sp³-hybridized carbons (Fsp3) is 0.562. The van der Waals surface area contributed by atoms with Gasteiger partial charge in [-0.25, -0.2) is 0 Å². The summed E-state index contributed by atoms with van der Waals surface area (Å²) in [7, 11) is 0. The molecule has 1 amide bonds. The zero-order valence-corrected chi connectivity index (χ0v) is 11.6. The zero-order valence-electron chi connectivity index (χ0n) is 11.6. The summed E-state index contributed by atoms with van der Waals surface area (Å²) in [5.41, 5.74) is 0. The Balaban J connectivity index is 1.51. The largest absolute Gasteiger partial charge is 0.485 e. The average molecular weight is 275 g/mol. The van der Waals surface area contributed by atoms with Crippen molar-refractivity contribution in [3.05, 3.63) is 24.3 Å². The predicted octanol–water partition coefficient (Wildman–Crippen LogP) is 2.52. The highest BCUT2D eigenvalue weighted by atomic mass is 16.6. The van der Waals surface area contributed by atoms with Crippen LogP contribution in [0.2, 0.25) is 0 Å². The van der Waals surface area contributed by atoms with Gasteiger partial charge in [-0.2, -0.15) is 0 Å². The minimum atomic E-state index is -0.534. The van der Waals surface area contributed by atoms with Crippen molar-refractivity contribution in [2.24, 2.45) is 5.92 Å². The minimum Gasteiger partial charge on any atom is -0.485 e. The smallest absolute Gasteiger partial charge is 0.264 e. The number of amides is 1. The van der Waals surface area contributed by atoms with Crippen LogP contribution in [0.3, 0.4) is 0 Å². The number of para-hydroxylation sites is 2. The van der Waals surface area contributed by atoms with Gasteiger partial charge in [0.05, 0.1) is 0 Å². The molecule has 0 bridgehead atoms. The lowest BCUT2D eigenvalue weighted by Gasteiger charge is -2.27. The second-order valence-corrected chi connectivity index (χ2v) is 5.61. The van der Waals surface area contributed by atoms with Gasteiger partial charge in [0.15, 0.2) is 11.5 Å². The number of fused-ring (bicyclic) bond motifs is 1. The maximum atomic E-state index is 12.1. The molecule has 4 nitrogen and oxygen atoms in total. The van der Waals surface area contributed by atoms with E-state index in [1.807, 2.05) is 24.3 Å². The Hall–Kier alpha value is -1.71. The summed E-state index contributed by atoms with van der Waals surface area (Å²) < 4.78 is 11.3. The molecule has 1 N–H and O–H groups in total. The highest BCUT2D eigenvalue weighted by molar-refractivity contribution is 5.81. The fourth-order valence-electron chi connectivity index (χ4n) is 2.90. The Morgan fingerprint density at radius 1 is 1.15 bits per heavy atom. The zero-order chi connectivity index (χ0) is 13.8. The molecular weight excluding hydrogens is 254 g/mol. The summed E-state index contributed by atoms with van der Waals surface area (Å²) in [6.45, 7) is 1.05. The lowest BCUT2D eigenvalue weighted by molar-refractivity contribution is -0.130. The van der Waals surface area contributed by atoms with Gasteiger partial charge < -0.3 is 14.8 Å². The molecule has 1 aliphatic heterocycles. The first kappa shape index (κ1) is 13.3. The van der Waals surface area contributed by atoms with Crippen LogP contribution in [0.25, 0.3) is 0 Å². The molecule has 2 aliphatic rings. The van der Waals surface area contributed by atoms with E-state index < -0.39 is 6.10 Å².